The summed E-state index contributed by atoms with van der Waals surface area (Å²) in [5, 5.41) is 14.0. The number of nitrogens with one attached hydrogen (secondary N) is 1. The molecule has 2 aromatic carbocycles. The lowest BCUT2D eigenvalue weighted by Gasteiger charge is -2.14. The largest absolute Gasteiger partial charge is 0.497 e. The van der Waals surface area contributed by atoms with Crippen molar-refractivity contribution in [2.45, 2.75) is 6.10 Å². The van der Waals surface area contributed by atoms with Crippen LogP contribution in [0.1, 0.15) is 11.7 Å². The Morgan fingerprint density at radius 3 is 2.55 bits per heavy atom. The van der Waals surface area contributed by atoms with Crippen molar-refractivity contribution < 1.29 is 9.84 Å². The zero-order valence-corrected chi connectivity index (χ0v) is 13.3. The molecule has 0 heterocycles. The summed E-state index contributed by atoms with van der Waals surface area (Å²) in [5.74, 6) is 0.773. The van der Waals surface area contributed by atoms with Gasteiger partial charge >= 0.3 is 0 Å². The molecule has 2 aromatic rings. The van der Waals surface area contributed by atoms with Crippen LogP contribution < -0.4 is 10.1 Å². The number of hydrogen-bond donors (Lipinski definition) is 2. The fourth-order valence-corrected chi connectivity index (χ4v) is 2.61. The molecule has 1 atom stereocenters. The van der Waals surface area contributed by atoms with Gasteiger partial charge in [-0.15, -0.1) is 0 Å². The van der Waals surface area contributed by atoms with E-state index in [2.05, 4.69) is 21.2 Å². The molecule has 0 spiro atoms. The molecule has 1 unspecified atom stereocenters. The van der Waals surface area contributed by atoms with Gasteiger partial charge in [0.15, 0.2) is 0 Å². The number of rotatable bonds is 5. The summed E-state index contributed by atoms with van der Waals surface area (Å²) in [7, 11) is 1.62. The van der Waals surface area contributed by atoms with E-state index >= 15 is 0 Å². The summed E-state index contributed by atoms with van der Waals surface area (Å²) >= 11 is 9.31. The molecule has 2 N–H and O–H groups in total. The van der Waals surface area contributed by atoms with Gasteiger partial charge in [0.2, 0.25) is 0 Å². The van der Waals surface area contributed by atoms with E-state index in [1.165, 1.54) is 0 Å². The second kappa shape index (κ2) is 6.97. The first-order valence-electron chi connectivity index (χ1n) is 6.11. The van der Waals surface area contributed by atoms with Gasteiger partial charge < -0.3 is 15.2 Å². The molecular weight excluding hydrogens is 342 g/mol. The zero-order valence-electron chi connectivity index (χ0n) is 10.9. The second-order valence-corrected chi connectivity index (χ2v) is 5.58. The highest BCUT2D eigenvalue weighted by molar-refractivity contribution is 9.10. The molecule has 0 amide bonds. The van der Waals surface area contributed by atoms with Crippen LogP contribution >= 0.6 is 27.5 Å². The third-order valence-electron chi connectivity index (χ3n) is 2.92. The molecule has 0 saturated carbocycles. The van der Waals surface area contributed by atoms with Crippen molar-refractivity contribution in [2.24, 2.45) is 0 Å². The van der Waals surface area contributed by atoms with Crippen LogP contribution in [-0.4, -0.2) is 18.8 Å². The van der Waals surface area contributed by atoms with E-state index in [0.717, 1.165) is 21.5 Å². The summed E-state index contributed by atoms with van der Waals surface area (Å²) in [6, 6.07) is 12.8. The maximum atomic E-state index is 10.1. The van der Waals surface area contributed by atoms with Gasteiger partial charge in [0, 0.05) is 21.7 Å². The minimum Gasteiger partial charge on any atom is -0.497 e. The minimum atomic E-state index is -0.594. The lowest BCUT2D eigenvalue weighted by atomic mass is 10.1. The molecule has 5 heteroatoms. The van der Waals surface area contributed by atoms with Gasteiger partial charge in [-0.05, 0) is 51.8 Å². The summed E-state index contributed by atoms with van der Waals surface area (Å²) < 4.78 is 5.96. The van der Waals surface area contributed by atoms with E-state index in [-0.39, 0.29) is 0 Å². The Morgan fingerprint density at radius 1 is 1.25 bits per heavy atom. The number of aliphatic hydroxyl groups excluding tert-OH is 1. The van der Waals surface area contributed by atoms with E-state index in [1.807, 2.05) is 36.4 Å². The number of ether oxygens (including phenoxy) is 1. The topological polar surface area (TPSA) is 41.5 Å². The second-order valence-electron chi connectivity index (χ2n) is 4.29. The van der Waals surface area contributed by atoms with Crippen molar-refractivity contribution in [2.75, 3.05) is 19.0 Å². The molecule has 0 saturated heterocycles. The summed E-state index contributed by atoms with van der Waals surface area (Å²) in [4.78, 5) is 0. The van der Waals surface area contributed by atoms with Gasteiger partial charge in [0.25, 0.3) is 0 Å². The Bertz CT molecular complexity index is 575. The quantitative estimate of drug-likeness (QED) is 0.841. The Labute approximate surface area is 131 Å². The fraction of sp³-hybridized carbons (Fsp3) is 0.200. The van der Waals surface area contributed by atoms with Crippen LogP contribution in [0.15, 0.2) is 46.9 Å². The third-order valence-corrected chi connectivity index (χ3v) is 3.81. The molecular formula is C15H15BrClNO2. The lowest BCUT2D eigenvalue weighted by Crippen LogP contribution is -2.12. The van der Waals surface area contributed by atoms with Crippen LogP contribution in [-0.2, 0) is 0 Å². The average molecular weight is 357 g/mol. The third kappa shape index (κ3) is 3.88. The number of benzene rings is 2. The molecule has 0 aliphatic rings. The van der Waals surface area contributed by atoms with Gasteiger partial charge in [0.1, 0.15) is 5.75 Å². The monoisotopic (exact) mass is 355 g/mol. The summed E-state index contributed by atoms with van der Waals surface area (Å²) in [6.45, 7) is 0.409. The first-order valence-corrected chi connectivity index (χ1v) is 7.28. The van der Waals surface area contributed by atoms with E-state index in [9.17, 15) is 5.11 Å². The standard InChI is InChI=1S/C15H15BrClNO2/c1-20-12-5-2-10(3-6-12)15(19)9-18-14-7-4-11(17)8-13(14)16/h2-8,15,18-19H,9H2,1H3. The Hall–Kier alpha value is -1.23. The van der Waals surface area contributed by atoms with Gasteiger partial charge in [-0.25, -0.2) is 0 Å². The lowest BCUT2D eigenvalue weighted by molar-refractivity contribution is 0.191. The number of halogens is 2. The highest BCUT2D eigenvalue weighted by atomic mass is 79.9. The molecule has 106 valence electrons. The maximum absolute atomic E-state index is 10.1. The van der Waals surface area contributed by atoms with Crippen molar-refractivity contribution in [3.05, 3.63) is 57.5 Å². The smallest absolute Gasteiger partial charge is 0.118 e. The van der Waals surface area contributed by atoms with Crippen LogP contribution in [0.2, 0.25) is 5.02 Å². The van der Waals surface area contributed by atoms with Gasteiger partial charge in [-0.2, -0.15) is 0 Å². The first kappa shape index (κ1) is 15.2. The minimum absolute atomic E-state index is 0.409. The molecule has 0 fully saturated rings. The molecule has 20 heavy (non-hydrogen) atoms. The average Bonchev–Trinajstić information content (AvgIpc) is 2.46. The van der Waals surface area contributed by atoms with Crippen molar-refractivity contribution in [3.8, 4) is 5.75 Å². The van der Waals surface area contributed by atoms with Crippen molar-refractivity contribution in [3.63, 3.8) is 0 Å². The van der Waals surface area contributed by atoms with Crippen LogP contribution in [0.3, 0.4) is 0 Å². The highest BCUT2D eigenvalue weighted by Crippen LogP contribution is 2.26. The van der Waals surface area contributed by atoms with Gasteiger partial charge in [-0.3, -0.25) is 0 Å². The highest BCUT2D eigenvalue weighted by Gasteiger charge is 2.08. The van der Waals surface area contributed by atoms with Crippen LogP contribution in [0.4, 0.5) is 5.69 Å². The molecule has 0 aromatic heterocycles. The van der Waals surface area contributed by atoms with Crippen molar-refractivity contribution >= 4 is 33.2 Å². The normalized spacial score (nSPS) is 12.0. The first-order chi connectivity index (χ1) is 9.60. The predicted molar refractivity (Wildman–Crippen MR) is 85.6 cm³/mol. The summed E-state index contributed by atoms with van der Waals surface area (Å²) in [6.07, 6.45) is -0.594. The summed E-state index contributed by atoms with van der Waals surface area (Å²) in [5.41, 5.74) is 1.73. The number of methoxy groups -OCH3 is 1. The molecule has 2 rings (SSSR count). The van der Waals surface area contributed by atoms with Crippen molar-refractivity contribution in [1.29, 1.82) is 0 Å². The zero-order chi connectivity index (χ0) is 14.5. The Kier molecular flexibility index (Phi) is 5.29. The van der Waals surface area contributed by atoms with Crippen LogP contribution in [0.25, 0.3) is 0 Å². The van der Waals surface area contributed by atoms with E-state index in [1.54, 1.807) is 13.2 Å². The van der Waals surface area contributed by atoms with Crippen LogP contribution in [0.5, 0.6) is 5.75 Å². The maximum Gasteiger partial charge on any atom is 0.118 e. The molecule has 0 aliphatic heterocycles. The Morgan fingerprint density at radius 2 is 1.95 bits per heavy atom. The Balaban J connectivity index is 1.98. The molecule has 3 nitrogen and oxygen atoms in total. The van der Waals surface area contributed by atoms with Crippen LogP contribution in [0, 0.1) is 0 Å². The van der Waals surface area contributed by atoms with E-state index in [0.29, 0.717) is 11.6 Å². The molecule has 0 bridgehead atoms. The molecule has 0 aliphatic carbocycles. The van der Waals surface area contributed by atoms with E-state index in [4.69, 9.17) is 16.3 Å². The fourth-order valence-electron chi connectivity index (χ4n) is 1.78. The number of anilines is 1. The van der Waals surface area contributed by atoms with E-state index < -0.39 is 6.10 Å². The van der Waals surface area contributed by atoms with Crippen molar-refractivity contribution in [1.82, 2.24) is 0 Å². The van der Waals surface area contributed by atoms with Gasteiger partial charge in [-0.1, -0.05) is 23.7 Å². The molecule has 0 radical (unpaired) electrons. The SMILES string of the molecule is COc1ccc(C(O)CNc2ccc(Cl)cc2Br)cc1. The number of hydrogen-bond acceptors (Lipinski definition) is 3. The predicted octanol–water partition coefficient (Wildman–Crippen LogP) is 4.26. The number of aliphatic hydroxyl groups is 1. The van der Waals surface area contributed by atoms with Gasteiger partial charge in [0.05, 0.1) is 13.2 Å².